The van der Waals surface area contributed by atoms with Crippen molar-refractivity contribution in [1.29, 1.82) is 0 Å². The zero-order valence-corrected chi connectivity index (χ0v) is 14.2. The molecule has 140 valence electrons. The van der Waals surface area contributed by atoms with Crippen molar-refractivity contribution in [3.05, 3.63) is 71.4 Å². The molecule has 4 rings (SSSR count). The normalized spacial score (nSPS) is 16.4. The number of hydrogen-bond donors (Lipinski definition) is 0. The minimum Gasteiger partial charge on any atom is -0.379 e. The smallest absolute Gasteiger partial charge is 0.249 e. The third-order valence-electron chi connectivity index (χ3n) is 4.46. The molecule has 2 aromatic carbocycles. The second kappa shape index (κ2) is 7.50. The molecule has 8 heteroatoms. The van der Waals surface area contributed by atoms with Gasteiger partial charge in [-0.1, -0.05) is 23.4 Å². The van der Waals surface area contributed by atoms with Gasteiger partial charge in [0.25, 0.3) is 0 Å². The van der Waals surface area contributed by atoms with Crippen molar-refractivity contribution in [3.8, 4) is 11.4 Å². The van der Waals surface area contributed by atoms with Crippen LogP contribution < -0.4 is 0 Å². The molecule has 1 aliphatic heterocycles. The number of nitrogens with zero attached hydrogens (tertiary/aromatic N) is 3. The number of morpholine rings is 1. The fourth-order valence-corrected chi connectivity index (χ4v) is 3.12. The van der Waals surface area contributed by atoms with Crippen LogP contribution in [0.3, 0.4) is 0 Å². The third-order valence-corrected chi connectivity index (χ3v) is 4.46. The van der Waals surface area contributed by atoms with Gasteiger partial charge in [0.05, 0.1) is 13.2 Å². The lowest BCUT2D eigenvalue weighted by Crippen LogP contribution is -2.40. The largest absolute Gasteiger partial charge is 0.379 e. The van der Waals surface area contributed by atoms with Crippen molar-refractivity contribution in [1.82, 2.24) is 15.0 Å². The molecule has 0 radical (unpaired) electrons. The zero-order chi connectivity index (χ0) is 18.8. The van der Waals surface area contributed by atoms with Crippen LogP contribution in [-0.2, 0) is 4.74 Å². The van der Waals surface area contributed by atoms with Gasteiger partial charge >= 0.3 is 0 Å². The van der Waals surface area contributed by atoms with Gasteiger partial charge in [0.15, 0.2) is 11.6 Å². The Morgan fingerprint density at radius 1 is 0.926 bits per heavy atom. The van der Waals surface area contributed by atoms with Crippen molar-refractivity contribution in [2.45, 2.75) is 6.04 Å². The molecule has 1 saturated heterocycles. The molecule has 3 aromatic rings. The van der Waals surface area contributed by atoms with Crippen LogP contribution in [0.25, 0.3) is 11.4 Å². The predicted molar refractivity (Wildman–Crippen MR) is 90.3 cm³/mol. The zero-order valence-electron chi connectivity index (χ0n) is 14.2. The van der Waals surface area contributed by atoms with Crippen molar-refractivity contribution in [2.24, 2.45) is 0 Å². The average molecular weight is 375 g/mol. The molecule has 0 amide bonds. The first-order valence-electron chi connectivity index (χ1n) is 8.49. The molecule has 0 aliphatic carbocycles. The highest BCUT2D eigenvalue weighted by Gasteiger charge is 2.31. The Bertz CT molecular complexity index is 941. The van der Waals surface area contributed by atoms with Crippen LogP contribution in [0.15, 0.2) is 47.0 Å². The number of halogens is 3. The molecule has 2 heterocycles. The summed E-state index contributed by atoms with van der Waals surface area (Å²) < 4.78 is 51.9. The fraction of sp³-hybridized carbons (Fsp3) is 0.263. The van der Waals surface area contributed by atoms with Gasteiger partial charge in [-0.05, 0) is 24.3 Å². The van der Waals surface area contributed by atoms with Gasteiger partial charge in [-0.15, -0.1) is 0 Å². The highest BCUT2D eigenvalue weighted by atomic mass is 19.2. The fourth-order valence-electron chi connectivity index (χ4n) is 3.12. The number of ether oxygens (including phenoxy) is 1. The van der Waals surface area contributed by atoms with E-state index in [4.69, 9.17) is 9.26 Å². The van der Waals surface area contributed by atoms with E-state index in [0.29, 0.717) is 31.9 Å². The van der Waals surface area contributed by atoms with E-state index < -0.39 is 17.7 Å². The predicted octanol–water partition coefficient (Wildman–Crippen LogP) is 3.58. The van der Waals surface area contributed by atoms with Gasteiger partial charge < -0.3 is 9.26 Å². The van der Waals surface area contributed by atoms with E-state index in [-0.39, 0.29) is 23.1 Å². The van der Waals surface area contributed by atoms with Gasteiger partial charge in [0.2, 0.25) is 11.7 Å². The van der Waals surface area contributed by atoms with Crippen molar-refractivity contribution < 1.29 is 22.4 Å². The summed E-state index contributed by atoms with van der Waals surface area (Å²) in [4.78, 5) is 6.32. The third kappa shape index (κ3) is 3.58. The number of hydrogen-bond acceptors (Lipinski definition) is 5. The van der Waals surface area contributed by atoms with Crippen LogP contribution in [0, 0.1) is 17.5 Å². The Morgan fingerprint density at radius 2 is 1.70 bits per heavy atom. The second-order valence-electron chi connectivity index (χ2n) is 6.16. The number of rotatable bonds is 4. The molecule has 27 heavy (non-hydrogen) atoms. The molecule has 5 nitrogen and oxygen atoms in total. The highest BCUT2D eigenvalue weighted by molar-refractivity contribution is 5.54. The standard InChI is InChI=1S/C19H16F3N3O2/c20-14-4-2-1-3-13(14)17(25-7-9-26-10-8-25)19-23-18(24-27-19)12-5-6-15(21)16(22)11-12/h1-6,11,17H,7-10H2. The second-order valence-corrected chi connectivity index (χ2v) is 6.16. The van der Waals surface area contributed by atoms with E-state index in [1.165, 1.54) is 12.1 Å². The molecule has 1 unspecified atom stereocenters. The molecule has 1 aromatic heterocycles. The van der Waals surface area contributed by atoms with Crippen LogP contribution in [0.2, 0.25) is 0 Å². The van der Waals surface area contributed by atoms with Gasteiger partial charge in [0.1, 0.15) is 11.9 Å². The minimum absolute atomic E-state index is 0.110. The lowest BCUT2D eigenvalue weighted by molar-refractivity contribution is 0.0174. The highest BCUT2D eigenvalue weighted by Crippen LogP contribution is 2.31. The van der Waals surface area contributed by atoms with Crippen LogP contribution in [0.1, 0.15) is 17.5 Å². The molecule has 0 saturated carbocycles. The number of aromatic nitrogens is 2. The summed E-state index contributed by atoms with van der Waals surface area (Å²) >= 11 is 0. The van der Waals surface area contributed by atoms with Crippen LogP contribution in [0.5, 0.6) is 0 Å². The molecule has 1 atom stereocenters. The van der Waals surface area contributed by atoms with Crippen LogP contribution in [0.4, 0.5) is 13.2 Å². The lowest BCUT2D eigenvalue weighted by atomic mass is 10.0. The monoisotopic (exact) mass is 375 g/mol. The Morgan fingerprint density at radius 3 is 2.44 bits per heavy atom. The van der Waals surface area contributed by atoms with E-state index in [2.05, 4.69) is 10.1 Å². The Balaban J connectivity index is 1.73. The summed E-state index contributed by atoms with van der Waals surface area (Å²) in [5.74, 6) is -2.06. The first-order valence-corrected chi connectivity index (χ1v) is 8.49. The topological polar surface area (TPSA) is 51.4 Å². The summed E-state index contributed by atoms with van der Waals surface area (Å²) in [6, 6.07) is 9.13. The summed E-state index contributed by atoms with van der Waals surface area (Å²) in [6.45, 7) is 2.16. The summed E-state index contributed by atoms with van der Waals surface area (Å²) in [7, 11) is 0. The van der Waals surface area contributed by atoms with E-state index >= 15 is 0 Å². The lowest BCUT2D eigenvalue weighted by Gasteiger charge is -2.32. The van der Waals surface area contributed by atoms with Gasteiger partial charge in [-0.25, -0.2) is 13.2 Å². The van der Waals surface area contributed by atoms with E-state index in [9.17, 15) is 13.2 Å². The Hall–Kier alpha value is -2.71. The quantitative estimate of drug-likeness (QED) is 0.698. The molecular formula is C19H16F3N3O2. The maximum atomic E-state index is 14.5. The molecule has 0 bridgehead atoms. The molecule has 0 spiro atoms. The van der Waals surface area contributed by atoms with Gasteiger partial charge in [-0.3, -0.25) is 4.90 Å². The van der Waals surface area contributed by atoms with Gasteiger partial charge in [-0.2, -0.15) is 4.98 Å². The minimum atomic E-state index is -1.00. The van der Waals surface area contributed by atoms with Gasteiger partial charge in [0, 0.05) is 24.2 Å². The van der Waals surface area contributed by atoms with E-state index in [1.807, 2.05) is 4.90 Å². The Labute approximate surface area is 153 Å². The first kappa shape index (κ1) is 17.7. The molecular weight excluding hydrogens is 359 g/mol. The number of benzene rings is 2. The molecule has 1 fully saturated rings. The van der Waals surface area contributed by atoms with Crippen LogP contribution >= 0.6 is 0 Å². The van der Waals surface area contributed by atoms with Crippen LogP contribution in [-0.4, -0.2) is 41.3 Å². The van der Waals surface area contributed by atoms with E-state index in [0.717, 1.165) is 12.1 Å². The van der Waals surface area contributed by atoms with Crippen molar-refractivity contribution >= 4 is 0 Å². The maximum absolute atomic E-state index is 14.5. The SMILES string of the molecule is Fc1ccc(-c2noc(C(c3ccccc3F)N3CCOCC3)n2)cc1F. The Kier molecular flexibility index (Phi) is 4.91. The molecule has 0 N–H and O–H groups in total. The molecule has 1 aliphatic rings. The maximum Gasteiger partial charge on any atom is 0.249 e. The summed E-state index contributed by atoms with van der Waals surface area (Å²) in [5.41, 5.74) is 0.679. The summed E-state index contributed by atoms with van der Waals surface area (Å²) in [5, 5.41) is 3.87. The van der Waals surface area contributed by atoms with Crippen molar-refractivity contribution in [3.63, 3.8) is 0 Å². The van der Waals surface area contributed by atoms with E-state index in [1.54, 1.807) is 18.2 Å². The van der Waals surface area contributed by atoms with Crippen molar-refractivity contribution in [2.75, 3.05) is 26.3 Å². The first-order chi connectivity index (χ1) is 13.1. The average Bonchev–Trinajstić information content (AvgIpc) is 3.16. The summed E-state index contributed by atoms with van der Waals surface area (Å²) in [6.07, 6.45) is 0.